The zero-order valence-corrected chi connectivity index (χ0v) is 16.5. The molecule has 3 N–H and O–H groups in total. The van der Waals surface area contributed by atoms with Crippen molar-refractivity contribution in [1.82, 2.24) is 25.8 Å². The maximum Gasteiger partial charge on any atom is 0.191 e. The third kappa shape index (κ3) is 6.09. The molecule has 6 nitrogen and oxygen atoms in total. The fraction of sp³-hybridized carbons (Fsp3) is 0.250. The number of H-pyrrole nitrogens is 1. The van der Waals surface area contributed by atoms with Gasteiger partial charge in [-0.1, -0.05) is 18.2 Å². The Morgan fingerprint density at radius 3 is 2.79 bits per heavy atom. The van der Waals surface area contributed by atoms with E-state index in [1.807, 2.05) is 12.1 Å². The zero-order chi connectivity index (χ0) is 19.6. The van der Waals surface area contributed by atoms with E-state index < -0.39 is 0 Å². The summed E-state index contributed by atoms with van der Waals surface area (Å²) in [5.41, 5.74) is 2.13. The molecule has 3 rings (SSSR count). The summed E-state index contributed by atoms with van der Waals surface area (Å²) in [7, 11) is 1.76. The highest BCUT2D eigenvalue weighted by Gasteiger charge is 2.03. The largest absolute Gasteiger partial charge is 0.356 e. The molecule has 0 saturated carbocycles. The van der Waals surface area contributed by atoms with E-state index in [2.05, 4.69) is 42.9 Å². The lowest BCUT2D eigenvalue weighted by molar-refractivity contribution is 0.626. The van der Waals surface area contributed by atoms with Crippen molar-refractivity contribution in [3.63, 3.8) is 0 Å². The number of hydrogen-bond acceptors (Lipinski definition) is 4. The van der Waals surface area contributed by atoms with Gasteiger partial charge in [0, 0.05) is 30.6 Å². The van der Waals surface area contributed by atoms with Crippen LogP contribution in [0.5, 0.6) is 0 Å². The molecular formula is C20H23FN6S. The molecule has 0 spiro atoms. The van der Waals surface area contributed by atoms with Crippen LogP contribution in [-0.4, -0.2) is 40.5 Å². The van der Waals surface area contributed by atoms with Gasteiger partial charge in [-0.05, 0) is 48.1 Å². The van der Waals surface area contributed by atoms with Crippen LogP contribution in [0, 0.1) is 5.82 Å². The van der Waals surface area contributed by atoms with Gasteiger partial charge in [-0.15, -0.1) is 11.8 Å². The third-order valence-electron chi connectivity index (χ3n) is 3.99. The molecule has 28 heavy (non-hydrogen) atoms. The van der Waals surface area contributed by atoms with Crippen LogP contribution in [0.1, 0.15) is 12.0 Å². The molecule has 0 aliphatic carbocycles. The van der Waals surface area contributed by atoms with E-state index in [4.69, 9.17) is 0 Å². The first-order valence-corrected chi connectivity index (χ1v) is 10.0. The normalized spacial score (nSPS) is 11.4. The SMILES string of the molecule is CN=C(NCCCSc1ccc(F)cc1)NCc1cccc(-c2ncn[nH]2)c1. The third-order valence-corrected chi connectivity index (χ3v) is 5.09. The van der Waals surface area contributed by atoms with Crippen molar-refractivity contribution in [3.8, 4) is 11.4 Å². The molecule has 0 aliphatic heterocycles. The Kier molecular flexibility index (Phi) is 7.43. The van der Waals surface area contributed by atoms with Crippen LogP contribution in [-0.2, 0) is 6.54 Å². The summed E-state index contributed by atoms with van der Waals surface area (Å²) in [6.07, 6.45) is 2.48. The molecule has 3 aromatic rings. The van der Waals surface area contributed by atoms with Gasteiger partial charge in [0.05, 0.1) is 0 Å². The number of benzene rings is 2. The van der Waals surface area contributed by atoms with E-state index in [1.54, 1.807) is 30.9 Å². The lowest BCUT2D eigenvalue weighted by Gasteiger charge is -2.12. The Balaban J connectivity index is 1.39. The lowest BCUT2D eigenvalue weighted by atomic mass is 10.1. The van der Waals surface area contributed by atoms with Crippen LogP contribution in [0.4, 0.5) is 4.39 Å². The molecule has 0 radical (unpaired) electrons. The Labute approximate surface area is 168 Å². The number of nitrogens with zero attached hydrogens (tertiary/aromatic N) is 3. The number of halogens is 1. The van der Waals surface area contributed by atoms with Gasteiger partial charge < -0.3 is 10.6 Å². The van der Waals surface area contributed by atoms with Crippen LogP contribution in [0.15, 0.2) is 64.7 Å². The topological polar surface area (TPSA) is 78.0 Å². The molecule has 1 aromatic heterocycles. The van der Waals surface area contributed by atoms with Gasteiger partial charge in [0.1, 0.15) is 12.1 Å². The monoisotopic (exact) mass is 398 g/mol. The predicted octanol–water partition coefficient (Wildman–Crippen LogP) is 3.46. The lowest BCUT2D eigenvalue weighted by Crippen LogP contribution is -2.37. The molecular weight excluding hydrogens is 375 g/mol. The van der Waals surface area contributed by atoms with Gasteiger partial charge in [0.15, 0.2) is 11.8 Å². The second-order valence-corrected chi connectivity index (χ2v) is 7.21. The zero-order valence-electron chi connectivity index (χ0n) is 15.7. The Hall–Kier alpha value is -2.87. The summed E-state index contributed by atoms with van der Waals surface area (Å²) >= 11 is 1.72. The second kappa shape index (κ2) is 10.5. The van der Waals surface area contributed by atoms with Crippen molar-refractivity contribution >= 4 is 17.7 Å². The van der Waals surface area contributed by atoms with Crippen molar-refractivity contribution in [2.45, 2.75) is 17.9 Å². The van der Waals surface area contributed by atoms with Gasteiger partial charge >= 0.3 is 0 Å². The van der Waals surface area contributed by atoms with Crippen LogP contribution in [0.2, 0.25) is 0 Å². The smallest absolute Gasteiger partial charge is 0.191 e. The molecule has 0 saturated heterocycles. The minimum absolute atomic E-state index is 0.202. The van der Waals surface area contributed by atoms with Crippen LogP contribution in [0.25, 0.3) is 11.4 Å². The van der Waals surface area contributed by atoms with Gasteiger partial charge in [0.2, 0.25) is 0 Å². The van der Waals surface area contributed by atoms with Crippen molar-refractivity contribution in [2.75, 3.05) is 19.3 Å². The minimum atomic E-state index is -0.202. The van der Waals surface area contributed by atoms with Gasteiger partial charge in [-0.25, -0.2) is 9.37 Å². The predicted molar refractivity (Wildman–Crippen MR) is 112 cm³/mol. The highest BCUT2D eigenvalue weighted by molar-refractivity contribution is 7.99. The summed E-state index contributed by atoms with van der Waals surface area (Å²) < 4.78 is 12.9. The van der Waals surface area contributed by atoms with Crippen molar-refractivity contribution < 1.29 is 4.39 Å². The molecule has 1 heterocycles. The quantitative estimate of drug-likeness (QED) is 0.234. The highest BCUT2D eigenvalue weighted by atomic mass is 32.2. The van der Waals surface area contributed by atoms with Gasteiger partial charge in [-0.2, -0.15) is 5.10 Å². The van der Waals surface area contributed by atoms with E-state index in [9.17, 15) is 4.39 Å². The fourth-order valence-electron chi connectivity index (χ4n) is 2.58. The summed E-state index contributed by atoms with van der Waals surface area (Å²) in [5, 5.41) is 13.4. The van der Waals surface area contributed by atoms with Crippen LogP contribution >= 0.6 is 11.8 Å². The number of aromatic nitrogens is 3. The van der Waals surface area contributed by atoms with Crippen LogP contribution < -0.4 is 10.6 Å². The molecule has 2 aromatic carbocycles. The highest BCUT2D eigenvalue weighted by Crippen LogP contribution is 2.18. The number of aliphatic imine (C=N–C) groups is 1. The number of guanidine groups is 1. The van der Waals surface area contributed by atoms with Gasteiger partial charge in [-0.3, -0.25) is 10.1 Å². The van der Waals surface area contributed by atoms with Gasteiger partial charge in [0.25, 0.3) is 0 Å². The number of thioether (sulfide) groups is 1. The average Bonchev–Trinajstić information content (AvgIpc) is 3.26. The number of nitrogens with one attached hydrogen (secondary N) is 3. The number of rotatable bonds is 8. The maximum absolute atomic E-state index is 12.9. The first-order valence-electron chi connectivity index (χ1n) is 9.02. The van der Waals surface area contributed by atoms with E-state index >= 15 is 0 Å². The van der Waals surface area contributed by atoms with Crippen molar-refractivity contribution in [1.29, 1.82) is 0 Å². The first kappa shape index (κ1) is 19.9. The van der Waals surface area contributed by atoms with E-state index in [-0.39, 0.29) is 5.82 Å². The average molecular weight is 399 g/mol. The fourth-order valence-corrected chi connectivity index (χ4v) is 3.43. The van der Waals surface area contributed by atoms with Crippen molar-refractivity contribution in [2.24, 2.45) is 4.99 Å². The Morgan fingerprint density at radius 1 is 1.18 bits per heavy atom. The summed E-state index contributed by atoms with van der Waals surface area (Å²) in [4.78, 5) is 9.52. The van der Waals surface area contributed by atoms with Crippen molar-refractivity contribution in [3.05, 3.63) is 66.2 Å². The molecule has 0 bridgehead atoms. The molecule has 8 heteroatoms. The Bertz CT molecular complexity index is 880. The molecule has 0 aliphatic rings. The van der Waals surface area contributed by atoms with Crippen LogP contribution in [0.3, 0.4) is 0 Å². The Morgan fingerprint density at radius 2 is 2.04 bits per heavy atom. The minimum Gasteiger partial charge on any atom is -0.356 e. The molecule has 0 amide bonds. The summed E-state index contributed by atoms with van der Waals surface area (Å²) in [5.74, 6) is 2.27. The molecule has 0 fully saturated rings. The second-order valence-electron chi connectivity index (χ2n) is 6.04. The maximum atomic E-state index is 12.9. The molecule has 146 valence electrons. The number of aromatic amines is 1. The number of hydrogen-bond donors (Lipinski definition) is 3. The standard InChI is InChI=1S/C20H23FN6S/c1-22-20(23-10-3-11-28-18-8-6-17(21)7-9-18)24-13-15-4-2-5-16(12-15)19-25-14-26-27-19/h2,4-9,12,14H,3,10-11,13H2,1H3,(H2,22,23,24)(H,25,26,27). The first-order chi connectivity index (χ1) is 13.7. The molecule has 0 atom stereocenters. The van der Waals surface area contributed by atoms with E-state index in [1.165, 1.54) is 18.5 Å². The summed E-state index contributed by atoms with van der Waals surface area (Å²) in [6, 6.07) is 14.7. The molecule has 0 unspecified atom stereocenters. The van der Waals surface area contributed by atoms with E-state index in [0.29, 0.717) is 6.54 Å². The summed E-state index contributed by atoms with van der Waals surface area (Å²) in [6.45, 7) is 1.47. The van der Waals surface area contributed by atoms with E-state index in [0.717, 1.165) is 46.5 Å².